The molecule has 1 aliphatic heterocycles. The molecule has 0 atom stereocenters. The predicted octanol–water partition coefficient (Wildman–Crippen LogP) is 2.90. The number of rotatable bonds is 6. The highest BCUT2D eigenvalue weighted by molar-refractivity contribution is 7.89. The quantitative estimate of drug-likeness (QED) is 0.731. The molecule has 2 aromatic carbocycles. The fourth-order valence-corrected chi connectivity index (χ4v) is 4.72. The van der Waals surface area contributed by atoms with Gasteiger partial charge < -0.3 is 10.1 Å². The van der Waals surface area contributed by atoms with Crippen molar-refractivity contribution in [3.8, 4) is 0 Å². The lowest BCUT2D eigenvalue weighted by molar-refractivity contribution is -0.120. The highest BCUT2D eigenvalue weighted by atomic mass is 32.2. The van der Waals surface area contributed by atoms with Crippen LogP contribution in [-0.4, -0.2) is 44.3 Å². The predicted molar refractivity (Wildman–Crippen MR) is 109 cm³/mol. The third-order valence-corrected chi connectivity index (χ3v) is 6.78. The molecule has 0 aliphatic carbocycles. The zero-order valence-electron chi connectivity index (χ0n) is 16.2. The molecular weight excluding hydrogens is 392 g/mol. The molecule has 1 N–H and O–H groups in total. The SMILES string of the molecule is CCOC(=O)c1ccc(S(=O)(=O)N2CCC(C(=O)Nc3ccccc3)CC2)cc1. The Morgan fingerprint density at radius 1 is 1.03 bits per heavy atom. The Morgan fingerprint density at radius 2 is 1.66 bits per heavy atom. The van der Waals surface area contributed by atoms with Gasteiger partial charge in [-0.3, -0.25) is 4.79 Å². The van der Waals surface area contributed by atoms with E-state index in [1.54, 1.807) is 6.92 Å². The van der Waals surface area contributed by atoms with Crippen LogP contribution in [-0.2, 0) is 19.6 Å². The number of para-hydroxylation sites is 1. The average Bonchev–Trinajstić information content (AvgIpc) is 2.75. The molecule has 29 heavy (non-hydrogen) atoms. The zero-order chi connectivity index (χ0) is 20.9. The second kappa shape index (κ2) is 9.19. The van der Waals surface area contributed by atoms with Crippen LogP contribution >= 0.6 is 0 Å². The molecule has 7 nitrogen and oxygen atoms in total. The van der Waals surface area contributed by atoms with Crippen molar-refractivity contribution in [2.24, 2.45) is 5.92 Å². The van der Waals surface area contributed by atoms with Gasteiger partial charge in [0.25, 0.3) is 0 Å². The topological polar surface area (TPSA) is 92.8 Å². The Hall–Kier alpha value is -2.71. The summed E-state index contributed by atoms with van der Waals surface area (Å²) in [7, 11) is -3.68. The van der Waals surface area contributed by atoms with Crippen molar-refractivity contribution in [1.29, 1.82) is 0 Å². The van der Waals surface area contributed by atoms with Gasteiger partial charge in [0.1, 0.15) is 0 Å². The van der Waals surface area contributed by atoms with Crippen molar-refractivity contribution >= 4 is 27.6 Å². The lowest BCUT2D eigenvalue weighted by Gasteiger charge is -2.30. The molecule has 1 aliphatic rings. The number of carbonyl (C=O) groups is 2. The normalized spacial score (nSPS) is 15.6. The van der Waals surface area contributed by atoms with Gasteiger partial charge in [-0.05, 0) is 56.2 Å². The number of amides is 1. The maximum Gasteiger partial charge on any atom is 0.338 e. The molecule has 1 fully saturated rings. The minimum Gasteiger partial charge on any atom is -0.462 e. The number of nitrogens with one attached hydrogen (secondary N) is 1. The van der Waals surface area contributed by atoms with Crippen LogP contribution in [0.2, 0.25) is 0 Å². The first kappa shape index (κ1) is 21.0. The third kappa shape index (κ3) is 5.02. The summed E-state index contributed by atoms with van der Waals surface area (Å²) in [6, 6.07) is 14.9. The zero-order valence-corrected chi connectivity index (χ0v) is 17.0. The number of sulfonamides is 1. The van der Waals surface area contributed by atoms with E-state index < -0.39 is 16.0 Å². The molecule has 0 aromatic heterocycles. The first-order valence-electron chi connectivity index (χ1n) is 9.55. The molecule has 0 bridgehead atoms. The molecule has 8 heteroatoms. The van der Waals surface area contributed by atoms with E-state index in [9.17, 15) is 18.0 Å². The maximum atomic E-state index is 12.9. The minimum atomic E-state index is -3.68. The number of hydrogen-bond donors (Lipinski definition) is 1. The number of benzene rings is 2. The summed E-state index contributed by atoms with van der Waals surface area (Å²) in [4.78, 5) is 24.3. The van der Waals surface area contributed by atoms with E-state index in [0.717, 1.165) is 5.69 Å². The fraction of sp³-hybridized carbons (Fsp3) is 0.333. The summed E-state index contributed by atoms with van der Waals surface area (Å²) in [5.41, 5.74) is 1.04. The Labute approximate surface area is 170 Å². The van der Waals surface area contributed by atoms with E-state index in [1.807, 2.05) is 30.3 Å². The van der Waals surface area contributed by atoms with Gasteiger partial charge in [-0.2, -0.15) is 4.31 Å². The standard InChI is InChI=1S/C21H24N2O5S/c1-2-28-21(25)17-8-10-19(11-9-17)29(26,27)23-14-12-16(13-15-23)20(24)22-18-6-4-3-5-7-18/h3-11,16H,2,12-15H2,1H3,(H,22,24). The van der Waals surface area contributed by atoms with E-state index in [-0.39, 0.29) is 36.4 Å². The van der Waals surface area contributed by atoms with Crippen LogP contribution in [0.5, 0.6) is 0 Å². The van der Waals surface area contributed by atoms with Crippen LogP contribution in [0.25, 0.3) is 0 Å². The molecule has 1 amide bonds. The second-order valence-corrected chi connectivity index (χ2v) is 8.72. The molecule has 0 unspecified atom stereocenters. The third-order valence-electron chi connectivity index (χ3n) is 4.87. The molecule has 3 rings (SSSR count). The van der Waals surface area contributed by atoms with E-state index in [2.05, 4.69) is 5.32 Å². The number of hydrogen-bond acceptors (Lipinski definition) is 5. The van der Waals surface area contributed by atoms with Gasteiger partial charge in [-0.25, -0.2) is 13.2 Å². The number of nitrogens with zero attached hydrogens (tertiary/aromatic N) is 1. The van der Waals surface area contributed by atoms with Gasteiger partial charge in [-0.1, -0.05) is 18.2 Å². The summed E-state index contributed by atoms with van der Waals surface area (Å²) >= 11 is 0. The van der Waals surface area contributed by atoms with Gasteiger partial charge in [-0.15, -0.1) is 0 Å². The van der Waals surface area contributed by atoms with Gasteiger partial charge in [0.2, 0.25) is 15.9 Å². The van der Waals surface area contributed by atoms with Crippen molar-refractivity contribution < 1.29 is 22.7 Å². The number of ether oxygens (including phenoxy) is 1. The molecule has 1 heterocycles. The summed E-state index contributed by atoms with van der Waals surface area (Å²) in [6.07, 6.45) is 0.914. The molecule has 0 radical (unpaired) electrons. The van der Waals surface area contributed by atoms with Crippen molar-refractivity contribution in [1.82, 2.24) is 4.31 Å². The highest BCUT2D eigenvalue weighted by Gasteiger charge is 2.32. The van der Waals surface area contributed by atoms with Crippen LogP contribution in [0, 0.1) is 5.92 Å². The number of piperidine rings is 1. The van der Waals surface area contributed by atoms with Crippen LogP contribution in [0.3, 0.4) is 0 Å². The van der Waals surface area contributed by atoms with Crippen LogP contribution in [0.1, 0.15) is 30.1 Å². The smallest absolute Gasteiger partial charge is 0.338 e. The van der Waals surface area contributed by atoms with E-state index in [0.29, 0.717) is 18.4 Å². The lowest BCUT2D eigenvalue weighted by atomic mass is 9.97. The largest absolute Gasteiger partial charge is 0.462 e. The lowest BCUT2D eigenvalue weighted by Crippen LogP contribution is -2.41. The van der Waals surface area contributed by atoms with Gasteiger partial charge in [0.15, 0.2) is 0 Å². The second-order valence-electron chi connectivity index (χ2n) is 6.78. The molecule has 2 aromatic rings. The van der Waals surface area contributed by atoms with E-state index in [1.165, 1.54) is 28.6 Å². The van der Waals surface area contributed by atoms with Crippen molar-refractivity contribution in [3.05, 3.63) is 60.2 Å². The van der Waals surface area contributed by atoms with Crippen molar-refractivity contribution in [2.45, 2.75) is 24.7 Å². The van der Waals surface area contributed by atoms with Gasteiger partial charge in [0, 0.05) is 24.7 Å². The molecule has 1 saturated heterocycles. The van der Waals surface area contributed by atoms with E-state index >= 15 is 0 Å². The molecule has 0 spiro atoms. The molecule has 154 valence electrons. The summed E-state index contributed by atoms with van der Waals surface area (Å²) < 4.78 is 32.0. The Morgan fingerprint density at radius 3 is 2.24 bits per heavy atom. The van der Waals surface area contributed by atoms with Crippen LogP contribution in [0.15, 0.2) is 59.5 Å². The van der Waals surface area contributed by atoms with Gasteiger partial charge >= 0.3 is 5.97 Å². The summed E-state index contributed by atoms with van der Waals surface area (Å²) in [5, 5.41) is 2.87. The number of carbonyl (C=O) groups excluding carboxylic acids is 2. The number of anilines is 1. The first-order valence-corrected chi connectivity index (χ1v) is 11.0. The minimum absolute atomic E-state index is 0.0907. The Bertz CT molecular complexity index is 950. The monoisotopic (exact) mass is 416 g/mol. The molecular formula is C21H24N2O5S. The van der Waals surface area contributed by atoms with Crippen LogP contribution in [0.4, 0.5) is 5.69 Å². The van der Waals surface area contributed by atoms with Crippen LogP contribution < -0.4 is 5.32 Å². The average molecular weight is 416 g/mol. The maximum absolute atomic E-state index is 12.9. The van der Waals surface area contributed by atoms with E-state index in [4.69, 9.17) is 4.74 Å². The van der Waals surface area contributed by atoms with Crippen molar-refractivity contribution in [3.63, 3.8) is 0 Å². The molecule has 0 saturated carbocycles. The van der Waals surface area contributed by atoms with Crippen molar-refractivity contribution in [2.75, 3.05) is 25.0 Å². The summed E-state index contributed by atoms with van der Waals surface area (Å²) in [6.45, 7) is 2.51. The first-order chi connectivity index (χ1) is 13.9. The Kier molecular flexibility index (Phi) is 6.66. The summed E-state index contributed by atoms with van der Waals surface area (Å²) in [5.74, 6) is -0.804. The van der Waals surface area contributed by atoms with Gasteiger partial charge in [0.05, 0.1) is 17.1 Å². The Balaban J connectivity index is 1.60. The fourth-order valence-electron chi connectivity index (χ4n) is 3.25. The highest BCUT2D eigenvalue weighted by Crippen LogP contribution is 2.25. The number of esters is 1.